The van der Waals surface area contributed by atoms with Gasteiger partial charge in [0.25, 0.3) is 11.1 Å². The van der Waals surface area contributed by atoms with Crippen LogP contribution in [0.1, 0.15) is 17.5 Å². The Labute approximate surface area is 144 Å². The van der Waals surface area contributed by atoms with Gasteiger partial charge in [-0.3, -0.25) is 19.5 Å². The van der Waals surface area contributed by atoms with Gasteiger partial charge in [-0.25, -0.2) is 4.68 Å². The highest BCUT2D eigenvalue weighted by atomic mass is 16.2. The standard InChI is InChI=1S/C19H19N3O3/c1-12-7-8-16(13(2)11-12)20-17(23)9-10-22-19(25)15-6-4-3-5-14(15)18(24)21-22/h3-8,11H,9-10H2,1-2H3,(H,20,23)(H,21,24). The molecule has 2 aromatic carbocycles. The number of hydrogen-bond acceptors (Lipinski definition) is 3. The Bertz CT molecular complexity index is 1060. The molecule has 0 spiro atoms. The summed E-state index contributed by atoms with van der Waals surface area (Å²) >= 11 is 0. The molecule has 128 valence electrons. The van der Waals surface area contributed by atoms with Gasteiger partial charge in [0, 0.05) is 12.1 Å². The predicted octanol–water partition coefficient (Wildman–Crippen LogP) is 2.34. The van der Waals surface area contributed by atoms with Crippen LogP contribution in [0, 0.1) is 13.8 Å². The fraction of sp³-hybridized carbons (Fsp3) is 0.211. The Hall–Kier alpha value is -3.15. The number of H-pyrrole nitrogens is 1. The number of carbonyl (C=O) groups is 1. The summed E-state index contributed by atoms with van der Waals surface area (Å²) < 4.78 is 1.19. The second-order valence-corrected chi connectivity index (χ2v) is 6.06. The van der Waals surface area contributed by atoms with E-state index in [1.807, 2.05) is 32.0 Å². The van der Waals surface area contributed by atoms with E-state index in [1.54, 1.807) is 24.3 Å². The summed E-state index contributed by atoms with van der Waals surface area (Å²) in [4.78, 5) is 36.6. The number of benzene rings is 2. The summed E-state index contributed by atoms with van der Waals surface area (Å²) in [6, 6.07) is 12.4. The highest BCUT2D eigenvalue weighted by Crippen LogP contribution is 2.16. The topological polar surface area (TPSA) is 84.0 Å². The molecule has 0 atom stereocenters. The first-order valence-electron chi connectivity index (χ1n) is 8.04. The van der Waals surface area contributed by atoms with Gasteiger partial charge in [0.15, 0.2) is 0 Å². The van der Waals surface area contributed by atoms with Gasteiger partial charge < -0.3 is 5.32 Å². The molecule has 0 aliphatic rings. The number of fused-ring (bicyclic) bond motifs is 1. The molecule has 3 rings (SSSR count). The molecular weight excluding hydrogens is 318 g/mol. The molecule has 0 aliphatic carbocycles. The molecule has 2 N–H and O–H groups in total. The number of nitrogens with one attached hydrogen (secondary N) is 2. The summed E-state index contributed by atoms with van der Waals surface area (Å²) in [7, 11) is 0. The van der Waals surface area contributed by atoms with E-state index in [4.69, 9.17) is 0 Å². The maximum atomic E-state index is 12.4. The van der Waals surface area contributed by atoms with E-state index in [1.165, 1.54) is 4.68 Å². The number of rotatable bonds is 4. The van der Waals surface area contributed by atoms with Crippen molar-refractivity contribution in [2.75, 3.05) is 5.32 Å². The minimum Gasteiger partial charge on any atom is -0.326 e. The van der Waals surface area contributed by atoms with Crippen molar-refractivity contribution >= 4 is 22.4 Å². The van der Waals surface area contributed by atoms with Crippen molar-refractivity contribution in [2.24, 2.45) is 0 Å². The van der Waals surface area contributed by atoms with Crippen LogP contribution in [0.5, 0.6) is 0 Å². The second-order valence-electron chi connectivity index (χ2n) is 6.06. The lowest BCUT2D eigenvalue weighted by Crippen LogP contribution is -2.31. The molecular formula is C19H19N3O3. The number of nitrogens with zero attached hydrogens (tertiary/aromatic N) is 1. The summed E-state index contributed by atoms with van der Waals surface area (Å²) in [5.74, 6) is -0.215. The van der Waals surface area contributed by atoms with Gasteiger partial charge in [-0.05, 0) is 37.6 Å². The zero-order valence-corrected chi connectivity index (χ0v) is 14.1. The average molecular weight is 337 g/mol. The van der Waals surface area contributed by atoms with E-state index in [-0.39, 0.29) is 30.0 Å². The third-order valence-electron chi connectivity index (χ3n) is 4.10. The molecule has 0 saturated heterocycles. The smallest absolute Gasteiger partial charge is 0.273 e. The van der Waals surface area contributed by atoms with Crippen molar-refractivity contribution in [3.8, 4) is 0 Å². The van der Waals surface area contributed by atoms with Gasteiger partial charge in [0.05, 0.1) is 17.3 Å². The molecule has 3 aromatic rings. The van der Waals surface area contributed by atoms with E-state index in [0.717, 1.165) is 16.8 Å². The van der Waals surface area contributed by atoms with Crippen LogP contribution in [0.4, 0.5) is 5.69 Å². The van der Waals surface area contributed by atoms with Crippen LogP contribution in [-0.2, 0) is 11.3 Å². The highest BCUT2D eigenvalue weighted by Gasteiger charge is 2.09. The largest absolute Gasteiger partial charge is 0.326 e. The molecule has 0 unspecified atom stereocenters. The molecule has 6 nitrogen and oxygen atoms in total. The predicted molar refractivity (Wildman–Crippen MR) is 98.0 cm³/mol. The number of carbonyl (C=O) groups excluding carboxylic acids is 1. The zero-order chi connectivity index (χ0) is 18.0. The van der Waals surface area contributed by atoms with Crippen molar-refractivity contribution in [3.63, 3.8) is 0 Å². The molecule has 0 fully saturated rings. The van der Waals surface area contributed by atoms with Crippen LogP contribution in [0.15, 0.2) is 52.1 Å². The van der Waals surface area contributed by atoms with Crippen LogP contribution in [0.25, 0.3) is 10.8 Å². The fourth-order valence-corrected chi connectivity index (χ4v) is 2.78. The van der Waals surface area contributed by atoms with Gasteiger partial charge in [-0.1, -0.05) is 29.8 Å². The maximum absolute atomic E-state index is 12.4. The van der Waals surface area contributed by atoms with Crippen molar-refractivity contribution in [1.29, 1.82) is 0 Å². The SMILES string of the molecule is Cc1ccc(NC(=O)CCn2[nH]c(=O)c3ccccc3c2=O)c(C)c1. The molecule has 0 bridgehead atoms. The van der Waals surface area contributed by atoms with Crippen LogP contribution in [-0.4, -0.2) is 15.7 Å². The maximum Gasteiger partial charge on any atom is 0.273 e. The lowest BCUT2D eigenvalue weighted by Gasteiger charge is -2.10. The minimum atomic E-state index is -0.343. The van der Waals surface area contributed by atoms with Crippen LogP contribution >= 0.6 is 0 Å². The van der Waals surface area contributed by atoms with Crippen LogP contribution < -0.4 is 16.4 Å². The molecule has 25 heavy (non-hydrogen) atoms. The fourth-order valence-electron chi connectivity index (χ4n) is 2.78. The molecule has 0 saturated carbocycles. The minimum absolute atomic E-state index is 0.0848. The van der Waals surface area contributed by atoms with E-state index >= 15 is 0 Å². The zero-order valence-electron chi connectivity index (χ0n) is 14.1. The number of aromatic amines is 1. The first-order chi connectivity index (χ1) is 12.0. The Morgan fingerprint density at radius 3 is 2.52 bits per heavy atom. The number of amides is 1. The molecule has 0 radical (unpaired) electrons. The van der Waals surface area contributed by atoms with Gasteiger partial charge in [-0.2, -0.15) is 0 Å². The van der Waals surface area contributed by atoms with Gasteiger partial charge in [-0.15, -0.1) is 0 Å². The molecule has 1 aromatic heterocycles. The number of anilines is 1. The highest BCUT2D eigenvalue weighted by molar-refractivity contribution is 5.91. The Kier molecular flexibility index (Phi) is 4.52. The van der Waals surface area contributed by atoms with E-state index in [0.29, 0.717) is 10.8 Å². The third kappa shape index (κ3) is 3.52. The number of aryl methyl sites for hydroxylation is 3. The summed E-state index contributed by atoms with van der Waals surface area (Å²) in [6.07, 6.45) is 0.0848. The molecule has 1 amide bonds. The van der Waals surface area contributed by atoms with Gasteiger partial charge in [0.2, 0.25) is 5.91 Å². The second kappa shape index (κ2) is 6.76. The quantitative estimate of drug-likeness (QED) is 0.766. The van der Waals surface area contributed by atoms with Crippen molar-refractivity contribution in [1.82, 2.24) is 9.78 Å². The van der Waals surface area contributed by atoms with Gasteiger partial charge in [0.1, 0.15) is 0 Å². The lowest BCUT2D eigenvalue weighted by atomic mass is 10.1. The van der Waals surface area contributed by atoms with E-state index in [9.17, 15) is 14.4 Å². The third-order valence-corrected chi connectivity index (χ3v) is 4.10. The molecule has 0 aliphatic heterocycles. The van der Waals surface area contributed by atoms with Gasteiger partial charge >= 0.3 is 0 Å². The summed E-state index contributed by atoms with van der Waals surface area (Å²) in [5.41, 5.74) is 2.19. The van der Waals surface area contributed by atoms with Crippen LogP contribution in [0.2, 0.25) is 0 Å². The Balaban J connectivity index is 1.76. The molecule has 6 heteroatoms. The Morgan fingerprint density at radius 2 is 1.80 bits per heavy atom. The molecule has 1 heterocycles. The Morgan fingerprint density at radius 1 is 1.08 bits per heavy atom. The first-order valence-corrected chi connectivity index (χ1v) is 8.04. The summed E-state index contributed by atoms with van der Waals surface area (Å²) in [6.45, 7) is 4.02. The number of hydrogen-bond donors (Lipinski definition) is 2. The van der Waals surface area contributed by atoms with E-state index in [2.05, 4.69) is 10.4 Å². The van der Waals surface area contributed by atoms with Crippen molar-refractivity contribution < 1.29 is 4.79 Å². The number of aromatic nitrogens is 2. The monoisotopic (exact) mass is 337 g/mol. The van der Waals surface area contributed by atoms with Crippen molar-refractivity contribution in [2.45, 2.75) is 26.8 Å². The summed E-state index contributed by atoms with van der Waals surface area (Å²) in [5, 5.41) is 6.06. The first kappa shape index (κ1) is 16.7. The average Bonchev–Trinajstić information content (AvgIpc) is 2.59. The van der Waals surface area contributed by atoms with Crippen molar-refractivity contribution in [3.05, 3.63) is 74.3 Å². The van der Waals surface area contributed by atoms with E-state index < -0.39 is 0 Å². The lowest BCUT2D eigenvalue weighted by molar-refractivity contribution is -0.116. The normalized spacial score (nSPS) is 10.8. The van der Waals surface area contributed by atoms with Crippen LogP contribution in [0.3, 0.4) is 0 Å².